The first-order valence-corrected chi connectivity index (χ1v) is 5.09. The molecule has 0 saturated carbocycles. The zero-order valence-electron chi connectivity index (χ0n) is 9.08. The smallest absolute Gasteiger partial charge is 0.317 e. The molecule has 5 atom stereocenters. The number of rotatable bonds is 4. The lowest BCUT2D eigenvalue weighted by atomic mass is 9.91. The second kappa shape index (κ2) is 5.59. The van der Waals surface area contributed by atoms with Crippen molar-refractivity contribution in [2.24, 2.45) is 5.92 Å². The summed E-state index contributed by atoms with van der Waals surface area (Å²) in [4.78, 5) is 21.3. The van der Waals surface area contributed by atoms with Crippen LogP contribution in [-0.4, -0.2) is 73.3 Å². The molecule has 0 amide bonds. The van der Waals surface area contributed by atoms with Gasteiger partial charge in [0.15, 0.2) is 12.2 Å². The lowest BCUT2D eigenvalue weighted by Crippen LogP contribution is -2.58. The summed E-state index contributed by atoms with van der Waals surface area (Å²) in [6.45, 7) is 0. The summed E-state index contributed by atoms with van der Waals surface area (Å²) in [5, 5.41) is 54.5. The fourth-order valence-electron chi connectivity index (χ4n) is 1.67. The van der Waals surface area contributed by atoms with E-state index < -0.39 is 55.0 Å². The number of carbonyl (C=O) groups is 2. The van der Waals surface area contributed by atoms with Crippen molar-refractivity contribution >= 4 is 11.9 Å². The van der Waals surface area contributed by atoms with Crippen LogP contribution in [0.4, 0.5) is 0 Å². The van der Waals surface area contributed by atoms with Crippen molar-refractivity contribution in [3.05, 3.63) is 0 Å². The highest BCUT2D eigenvalue weighted by Crippen LogP contribution is 2.24. The van der Waals surface area contributed by atoms with Crippen LogP contribution in [0.15, 0.2) is 0 Å². The molecule has 9 nitrogen and oxygen atoms in total. The predicted molar refractivity (Wildman–Crippen MR) is 52.3 cm³/mol. The average molecular weight is 266 g/mol. The maximum Gasteiger partial charge on any atom is 0.317 e. The summed E-state index contributed by atoms with van der Waals surface area (Å²) < 4.78 is 4.68. The Balaban J connectivity index is 2.77. The number of aliphatic carboxylic acids is 2. The van der Waals surface area contributed by atoms with Crippen LogP contribution in [0.2, 0.25) is 0 Å². The Labute approximate surface area is 101 Å². The van der Waals surface area contributed by atoms with Gasteiger partial charge in [-0.05, 0) is 0 Å². The lowest BCUT2D eigenvalue weighted by molar-refractivity contribution is -0.284. The number of carboxylic acid groups (broad SMARTS) is 2. The Kier molecular flexibility index (Phi) is 4.59. The largest absolute Gasteiger partial charge is 0.481 e. The second-order valence-electron chi connectivity index (χ2n) is 4.00. The molecule has 0 aromatic heterocycles. The molecule has 104 valence electrons. The Hall–Kier alpha value is -1.26. The zero-order valence-corrected chi connectivity index (χ0v) is 9.08. The predicted octanol–water partition coefficient (Wildman–Crippen LogP) is -3.04. The third kappa shape index (κ3) is 2.94. The normalized spacial score (nSPS) is 36.6. The monoisotopic (exact) mass is 266 g/mol. The van der Waals surface area contributed by atoms with Crippen LogP contribution in [-0.2, 0) is 14.3 Å². The van der Waals surface area contributed by atoms with Gasteiger partial charge in [-0.1, -0.05) is 0 Å². The summed E-state index contributed by atoms with van der Waals surface area (Å²) in [6, 6.07) is 0. The molecule has 0 radical (unpaired) electrons. The summed E-state index contributed by atoms with van der Waals surface area (Å²) >= 11 is 0. The number of aliphatic hydroxyl groups is 4. The molecule has 18 heavy (non-hydrogen) atoms. The standard InChI is InChI=1S/C9H14O9/c10-4-3(1-2(7(13)14)8(15)16)18-9(17)6(12)5(4)11/h2-6,9-12,17H,1H2,(H,13,14)(H,15,16)/t3?,4-,5?,6-,9+/m1/s1. The molecule has 1 saturated heterocycles. The first kappa shape index (κ1) is 14.8. The fourth-order valence-corrected chi connectivity index (χ4v) is 1.67. The molecule has 0 aromatic carbocycles. The minimum atomic E-state index is -1.85. The van der Waals surface area contributed by atoms with Crippen LogP contribution in [0.1, 0.15) is 6.42 Å². The van der Waals surface area contributed by atoms with Gasteiger partial charge in [0.05, 0.1) is 6.10 Å². The number of ether oxygens (including phenoxy) is 1. The van der Waals surface area contributed by atoms with Crippen LogP contribution >= 0.6 is 0 Å². The summed E-state index contributed by atoms with van der Waals surface area (Å²) in [5.41, 5.74) is 0. The Bertz CT molecular complexity index is 316. The first-order valence-electron chi connectivity index (χ1n) is 5.09. The Morgan fingerprint density at radius 1 is 0.944 bits per heavy atom. The topological polar surface area (TPSA) is 165 Å². The van der Waals surface area contributed by atoms with Gasteiger partial charge in [-0.2, -0.15) is 0 Å². The van der Waals surface area contributed by atoms with E-state index in [2.05, 4.69) is 4.74 Å². The summed E-state index contributed by atoms with van der Waals surface area (Å²) in [6.07, 6.45) is -9.06. The van der Waals surface area contributed by atoms with Crippen LogP contribution in [0.5, 0.6) is 0 Å². The van der Waals surface area contributed by atoms with Gasteiger partial charge < -0.3 is 35.4 Å². The SMILES string of the molecule is O=C(O)C(CC1O[C@H](O)[C@H](O)C(O)[C@@H]1O)C(=O)O. The highest BCUT2D eigenvalue weighted by molar-refractivity contribution is 5.92. The van der Waals surface area contributed by atoms with Crippen LogP contribution in [0.3, 0.4) is 0 Å². The van der Waals surface area contributed by atoms with E-state index in [9.17, 15) is 24.9 Å². The van der Waals surface area contributed by atoms with Gasteiger partial charge in [-0.15, -0.1) is 0 Å². The van der Waals surface area contributed by atoms with Crippen LogP contribution in [0.25, 0.3) is 0 Å². The highest BCUT2D eigenvalue weighted by atomic mass is 16.6. The average Bonchev–Trinajstić information content (AvgIpc) is 2.28. The van der Waals surface area contributed by atoms with Crippen molar-refractivity contribution in [3.8, 4) is 0 Å². The van der Waals surface area contributed by atoms with E-state index in [1.54, 1.807) is 0 Å². The van der Waals surface area contributed by atoms with Crippen molar-refractivity contribution in [2.75, 3.05) is 0 Å². The molecule has 2 unspecified atom stereocenters. The molecule has 1 heterocycles. The second-order valence-corrected chi connectivity index (χ2v) is 4.00. The quantitative estimate of drug-likeness (QED) is 0.290. The fraction of sp³-hybridized carbons (Fsp3) is 0.778. The van der Waals surface area contributed by atoms with E-state index in [4.69, 9.17) is 15.3 Å². The van der Waals surface area contributed by atoms with Crippen molar-refractivity contribution in [3.63, 3.8) is 0 Å². The number of hydrogen-bond donors (Lipinski definition) is 6. The van der Waals surface area contributed by atoms with Crippen molar-refractivity contribution in [1.29, 1.82) is 0 Å². The number of hydrogen-bond acceptors (Lipinski definition) is 7. The molecular weight excluding hydrogens is 252 g/mol. The van der Waals surface area contributed by atoms with Crippen molar-refractivity contribution in [1.82, 2.24) is 0 Å². The molecule has 1 aliphatic rings. The van der Waals surface area contributed by atoms with Gasteiger partial charge in [0.2, 0.25) is 0 Å². The summed E-state index contributed by atoms with van der Waals surface area (Å²) in [5.74, 6) is -5.11. The van der Waals surface area contributed by atoms with Gasteiger partial charge in [-0.3, -0.25) is 9.59 Å². The maximum absolute atomic E-state index is 10.7. The van der Waals surface area contributed by atoms with Gasteiger partial charge in [-0.25, -0.2) is 0 Å². The molecule has 0 aromatic rings. The molecule has 1 aliphatic heterocycles. The van der Waals surface area contributed by atoms with E-state index in [0.29, 0.717) is 0 Å². The van der Waals surface area contributed by atoms with Crippen molar-refractivity contribution in [2.45, 2.75) is 37.1 Å². The van der Waals surface area contributed by atoms with E-state index >= 15 is 0 Å². The molecule has 1 rings (SSSR count). The molecule has 0 spiro atoms. The van der Waals surface area contributed by atoms with Crippen LogP contribution in [0, 0.1) is 5.92 Å². The minimum Gasteiger partial charge on any atom is -0.481 e. The van der Waals surface area contributed by atoms with Gasteiger partial charge in [0.1, 0.15) is 18.3 Å². The summed E-state index contributed by atoms with van der Waals surface area (Å²) in [7, 11) is 0. The minimum absolute atomic E-state index is 0.646. The van der Waals surface area contributed by atoms with E-state index in [1.165, 1.54) is 0 Å². The maximum atomic E-state index is 10.7. The highest BCUT2D eigenvalue weighted by Gasteiger charge is 2.45. The zero-order chi connectivity index (χ0) is 14.0. The number of carboxylic acids is 2. The van der Waals surface area contributed by atoms with Gasteiger partial charge in [0, 0.05) is 6.42 Å². The third-order valence-electron chi connectivity index (χ3n) is 2.75. The Morgan fingerprint density at radius 2 is 1.44 bits per heavy atom. The lowest BCUT2D eigenvalue weighted by Gasteiger charge is -2.38. The van der Waals surface area contributed by atoms with E-state index in [0.717, 1.165) is 0 Å². The third-order valence-corrected chi connectivity index (χ3v) is 2.75. The van der Waals surface area contributed by atoms with E-state index in [-0.39, 0.29) is 0 Å². The molecule has 6 N–H and O–H groups in total. The number of aliphatic hydroxyl groups excluding tert-OH is 4. The molecule has 1 fully saturated rings. The molecule has 0 aliphatic carbocycles. The molecule has 9 heteroatoms. The first-order chi connectivity index (χ1) is 8.25. The van der Waals surface area contributed by atoms with Gasteiger partial charge in [0.25, 0.3) is 0 Å². The Morgan fingerprint density at radius 3 is 1.89 bits per heavy atom. The van der Waals surface area contributed by atoms with E-state index in [1.807, 2.05) is 0 Å². The molecule has 0 bridgehead atoms. The van der Waals surface area contributed by atoms with Crippen LogP contribution < -0.4 is 0 Å². The van der Waals surface area contributed by atoms with Crippen molar-refractivity contribution < 1.29 is 45.0 Å². The van der Waals surface area contributed by atoms with Gasteiger partial charge >= 0.3 is 11.9 Å². The molecular formula is C9H14O9.